The number of hydrogen-bond donors (Lipinski definition) is 1. The lowest BCUT2D eigenvalue weighted by Crippen LogP contribution is -2.38. The van der Waals surface area contributed by atoms with Gasteiger partial charge in [0.25, 0.3) is 0 Å². The topological polar surface area (TPSA) is 56.1 Å². The van der Waals surface area contributed by atoms with Gasteiger partial charge in [0.15, 0.2) is 0 Å². The maximum Gasteiger partial charge on any atom is 0.225 e. The first-order valence-electron chi connectivity index (χ1n) is 8.61. The summed E-state index contributed by atoms with van der Waals surface area (Å²) >= 11 is 0. The van der Waals surface area contributed by atoms with Crippen LogP contribution in [-0.4, -0.2) is 34.7 Å². The van der Waals surface area contributed by atoms with Crippen LogP contribution < -0.4 is 5.32 Å². The van der Waals surface area contributed by atoms with Crippen LogP contribution in [0.25, 0.3) is 11.3 Å². The van der Waals surface area contributed by atoms with E-state index in [4.69, 9.17) is 4.74 Å². The van der Waals surface area contributed by atoms with Crippen molar-refractivity contribution in [3.63, 3.8) is 0 Å². The summed E-state index contributed by atoms with van der Waals surface area (Å²) in [6, 6.07) is 10.2. The van der Waals surface area contributed by atoms with Crippen molar-refractivity contribution >= 4 is 5.91 Å². The standard InChI is InChI=1S/C19H25N3O2/c1-14(2)18-16(8-11-24-18)19(23)21-9-10-22-13-20-12-17(22)15-6-4-3-5-7-15/h3-7,12-14,16,18H,8-11H2,1-2H3,(H,21,23). The minimum absolute atomic E-state index is 0.0265. The summed E-state index contributed by atoms with van der Waals surface area (Å²) < 4.78 is 7.77. The normalized spacial score (nSPS) is 20.5. The van der Waals surface area contributed by atoms with Crippen LogP contribution in [0.5, 0.6) is 0 Å². The summed E-state index contributed by atoms with van der Waals surface area (Å²) in [6.45, 7) is 6.19. The van der Waals surface area contributed by atoms with E-state index in [1.54, 1.807) is 0 Å². The zero-order chi connectivity index (χ0) is 16.9. The Morgan fingerprint density at radius 1 is 1.38 bits per heavy atom. The van der Waals surface area contributed by atoms with Crippen LogP contribution in [-0.2, 0) is 16.1 Å². The molecule has 5 heteroatoms. The highest BCUT2D eigenvalue weighted by molar-refractivity contribution is 5.79. The Hall–Kier alpha value is -2.14. The first-order valence-corrected chi connectivity index (χ1v) is 8.61. The number of ether oxygens (including phenoxy) is 1. The molecule has 1 aromatic carbocycles. The molecule has 0 aliphatic carbocycles. The van der Waals surface area contributed by atoms with Crippen molar-refractivity contribution in [3.05, 3.63) is 42.9 Å². The van der Waals surface area contributed by atoms with E-state index < -0.39 is 0 Å². The predicted molar refractivity (Wildman–Crippen MR) is 93.4 cm³/mol. The number of hydrogen-bond acceptors (Lipinski definition) is 3. The molecule has 0 saturated carbocycles. The molecule has 2 heterocycles. The van der Waals surface area contributed by atoms with Crippen molar-refractivity contribution in [1.82, 2.24) is 14.9 Å². The lowest BCUT2D eigenvalue weighted by molar-refractivity contribution is -0.127. The molecule has 5 nitrogen and oxygen atoms in total. The second-order valence-corrected chi connectivity index (χ2v) is 6.60. The zero-order valence-corrected chi connectivity index (χ0v) is 14.3. The third kappa shape index (κ3) is 3.67. The van der Waals surface area contributed by atoms with Crippen LogP contribution in [0.3, 0.4) is 0 Å². The lowest BCUT2D eigenvalue weighted by atomic mass is 9.92. The van der Waals surface area contributed by atoms with Crippen molar-refractivity contribution in [3.8, 4) is 11.3 Å². The molecule has 1 aliphatic rings. The fourth-order valence-electron chi connectivity index (χ4n) is 3.33. The molecule has 1 amide bonds. The van der Waals surface area contributed by atoms with E-state index in [1.807, 2.05) is 30.7 Å². The van der Waals surface area contributed by atoms with Gasteiger partial charge in [-0.25, -0.2) is 4.98 Å². The summed E-state index contributed by atoms with van der Waals surface area (Å²) in [4.78, 5) is 16.7. The Kier molecular flexibility index (Phi) is 5.30. The molecule has 24 heavy (non-hydrogen) atoms. The fourth-order valence-corrected chi connectivity index (χ4v) is 3.33. The molecule has 128 valence electrons. The van der Waals surface area contributed by atoms with Crippen LogP contribution in [0.2, 0.25) is 0 Å². The summed E-state index contributed by atoms with van der Waals surface area (Å²) in [7, 11) is 0. The molecular weight excluding hydrogens is 302 g/mol. The molecule has 0 spiro atoms. The Balaban J connectivity index is 1.56. The van der Waals surface area contributed by atoms with Crippen LogP contribution in [0.15, 0.2) is 42.9 Å². The quantitative estimate of drug-likeness (QED) is 0.887. The number of nitrogens with one attached hydrogen (secondary N) is 1. The van der Waals surface area contributed by atoms with E-state index in [0.29, 0.717) is 25.6 Å². The van der Waals surface area contributed by atoms with Crippen LogP contribution >= 0.6 is 0 Å². The highest BCUT2D eigenvalue weighted by Crippen LogP contribution is 2.26. The highest BCUT2D eigenvalue weighted by Gasteiger charge is 2.35. The van der Waals surface area contributed by atoms with Crippen molar-refractivity contribution in [1.29, 1.82) is 0 Å². The molecule has 1 fully saturated rings. The third-order valence-corrected chi connectivity index (χ3v) is 4.56. The minimum Gasteiger partial charge on any atom is -0.377 e. The average molecular weight is 327 g/mol. The molecule has 0 radical (unpaired) electrons. The number of aromatic nitrogens is 2. The number of benzene rings is 1. The van der Waals surface area contributed by atoms with E-state index >= 15 is 0 Å². The van der Waals surface area contributed by atoms with Crippen molar-refractivity contribution in [2.24, 2.45) is 11.8 Å². The van der Waals surface area contributed by atoms with Crippen molar-refractivity contribution in [2.45, 2.75) is 32.9 Å². The lowest BCUT2D eigenvalue weighted by Gasteiger charge is -2.21. The maximum atomic E-state index is 12.4. The van der Waals surface area contributed by atoms with Gasteiger partial charge in [0.1, 0.15) is 0 Å². The molecule has 3 rings (SSSR count). The van der Waals surface area contributed by atoms with Gasteiger partial charge in [-0.1, -0.05) is 44.2 Å². The van der Waals surface area contributed by atoms with Gasteiger partial charge in [-0.3, -0.25) is 4.79 Å². The van der Waals surface area contributed by atoms with Gasteiger partial charge < -0.3 is 14.6 Å². The number of nitrogens with zero attached hydrogens (tertiary/aromatic N) is 2. The number of rotatable bonds is 6. The van der Waals surface area contributed by atoms with E-state index in [-0.39, 0.29) is 17.9 Å². The van der Waals surface area contributed by atoms with Gasteiger partial charge in [0.05, 0.1) is 30.2 Å². The summed E-state index contributed by atoms with van der Waals surface area (Å²) in [5.41, 5.74) is 2.19. The monoisotopic (exact) mass is 327 g/mol. The Morgan fingerprint density at radius 3 is 2.92 bits per heavy atom. The van der Waals surface area contributed by atoms with E-state index in [2.05, 4.69) is 40.8 Å². The van der Waals surface area contributed by atoms with Gasteiger partial charge in [-0.2, -0.15) is 0 Å². The molecular formula is C19H25N3O2. The van der Waals surface area contributed by atoms with Gasteiger partial charge in [0.2, 0.25) is 5.91 Å². The van der Waals surface area contributed by atoms with Crippen molar-refractivity contribution < 1.29 is 9.53 Å². The van der Waals surface area contributed by atoms with E-state index in [9.17, 15) is 4.79 Å². The van der Waals surface area contributed by atoms with Crippen LogP contribution in [0, 0.1) is 11.8 Å². The molecule has 2 aromatic rings. The Labute approximate surface area is 143 Å². The fraction of sp³-hybridized carbons (Fsp3) is 0.474. The molecule has 0 bridgehead atoms. The van der Waals surface area contributed by atoms with E-state index in [0.717, 1.165) is 17.7 Å². The van der Waals surface area contributed by atoms with Gasteiger partial charge in [-0.05, 0) is 17.9 Å². The smallest absolute Gasteiger partial charge is 0.225 e. The minimum atomic E-state index is -0.0265. The zero-order valence-electron chi connectivity index (χ0n) is 14.3. The molecule has 2 unspecified atom stereocenters. The third-order valence-electron chi connectivity index (χ3n) is 4.56. The van der Waals surface area contributed by atoms with E-state index in [1.165, 1.54) is 0 Å². The number of amides is 1. The second-order valence-electron chi connectivity index (χ2n) is 6.60. The molecule has 1 aromatic heterocycles. The molecule has 1 saturated heterocycles. The predicted octanol–water partition coefficient (Wildman–Crippen LogP) is 2.73. The average Bonchev–Trinajstić information content (AvgIpc) is 3.25. The summed E-state index contributed by atoms with van der Waals surface area (Å²) in [6.07, 6.45) is 4.52. The number of carbonyl (C=O) groups is 1. The second kappa shape index (κ2) is 7.62. The largest absolute Gasteiger partial charge is 0.377 e. The Morgan fingerprint density at radius 2 is 2.17 bits per heavy atom. The van der Waals surface area contributed by atoms with Gasteiger partial charge in [-0.15, -0.1) is 0 Å². The van der Waals surface area contributed by atoms with Crippen molar-refractivity contribution in [2.75, 3.05) is 13.2 Å². The first-order chi connectivity index (χ1) is 11.7. The SMILES string of the molecule is CC(C)C1OCCC1C(=O)NCCn1cncc1-c1ccccc1. The number of carbonyl (C=O) groups excluding carboxylic acids is 1. The number of imidazole rings is 1. The summed E-state index contributed by atoms with van der Waals surface area (Å²) in [5, 5.41) is 3.06. The Bertz CT molecular complexity index is 666. The first kappa shape index (κ1) is 16.7. The van der Waals surface area contributed by atoms with Gasteiger partial charge >= 0.3 is 0 Å². The van der Waals surface area contributed by atoms with Gasteiger partial charge in [0, 0.05) is 19.7 Å². The van der Waals surface area contributed by atoms with Crippen LogP contribution in [0.4, 0.5) is 0 Å². The molecule has 2 atom stereocenters. The summed E-state index contributed by atoms with van der Waals surface area (Å²) in [5.74, 6) is 0.440. The highest BCUT2D eigenvalue weighted by atomic mass is 16.5. The van der Waals surface area contributed by atoms with Crippen LogP contribution in [0.1, 0.15) is 20.3 Å². The maximum absolute atomic E-state index is 12.4. The molecule has 1 aliphatic heterocycles. The molecule has 1 N–H and O–H groups in total.